The monoisotopic (exact) mass is 724 g/mol. The van der Waals surface area contributed by atoms with Crippen LogP contribution in [-0.2, 0) is 33.3 Å². The van der Waals surface area contributed by atoms with Crippen molar-refractivity contribution >= 4 is 55.6 Å². The first kappa shape index (κ1) is 33.9. The molecule has 0 unspecified atom stereocenters. The number of benzene rings is 4. The average Bonchev–Trinajstić information content (AvgIpc) is 3.68. The van der Waals surface area contributed by atoms with Gasteiger partial charge >= 0.3 is 11.9 Å². The second kappa shape index (κ2) is 11.0. The zero-order valence-electron chi connectivity index (χ0n) is 31.4. The zero-order valence-corrected chi connectivity index (χ0v) is 31.4. The molecule has 2 fully saturated rings. The number of fused-ring (bicyclic) bond motifs is 12. The topological polar surface area (TPSA) is 136 Å². The van der Waals surface area contributed by atoms with Crippen LogP contribution < -0.4 is 0 Å². The minimum atomic E-state index is -1.26. The number of aliphatic carboxylic acids is 2. The van der Waals surface area contributed by atoms with Crippen molar-refractivity contribution in [1.29, 1.82) is 0 Å². The van der Waals surface area contributed by atoms with Crippen LogP contribution >= 0.6 is 0 Å². The van der Waals surface area contributed by atoms with Gasteiger partial charge in [-0.2, -0.15) is 0 Å². The molecule has 4 aromatic carbocycles. The number of aliphatic hydroxyl groups is 2. The van der Waals surface area contributed by atoms with Gasteiger partial charge < -0.3 is 30.0 Å². The molecule has 5 N–H and O–H groups in total. The molecule has 278 valence electrons. The third kappa shape index (κ3) is 4.00. The van der Waals surface area contributed by atoms with Gasteiger partial charge in [0.15, 0.2) is 0 Å². The lowest BCUT2D eigenvalue weighted by Crippen LogP contribution is -2.58. The first-order valence-corrected chi connectivity index (χ1v) is 19.7. The fourth-order valence-electron chi connectivity index (χ4n) is 12.7. The van der Waals surface area contributed by atoms with E-state index in [2.05, 4.69) is 90.1 Å². The van der Waals surface area contributed by atoms with E-state index in [4.69, 9.17) is 0 Å². The number of nitrogens with one attached hydrogen (secondary N) is 1. The molecule has 8 atom stereocenters. The summed E-state index contributed by atoms with van der Waals surface area (Å²) in [7, 11) is 0. The largest absolute Gasteiger partial charge is 0.481 e. The Morgan fingerprint density at radius 3 is 1.91 bits per heavy atom. The zero-order chi connectivity index (χ0) is 37.7. The van der Waals surface area contributed by atoms with Gasteiger partial charge in [-0.05, 0) is 140 Å². The lowest BCUT2D eigenvalue weighted by molar-refractivity contribution is -0.172. The molecule has 0 saturated heterocycles. The van der Waals surface area contributed by atoms with E-state index in [0.29, 0.717) is 38.5 Å². The average molecular weight is 725 g/mol. The van der Waals surface area contributed by atoms with Gasteiger partial charge in [0.05, 0.1) is 45.3 Å². The summed E-state index contributed by atoms with van der Waals surface area (Å²) in [5.74, 6) is -2.29. The molecular weight excluding hydrogens is 677 g/mol. The Bertz CT molecular complexity index is 2620. The van der Waals surface area contributed by atoms with Gasteiger partial charge in [0.25, 0.3) is 0 Å². The smallest absolute Gasteiger partial charge is 0.312 e. The predicted octanol–water partition coefficient (Wildman–Crippen LogP) is 8.55. The number of aromatic nitrogens is 2. The summed E-state index contributed by atoms with van der Waals surface area (Å²) >= 11 is 0. The van der Waals surface area contributed by atoms with E-state index in [-0.39, 0.29) is 11.8 Å². The molecule has 54 heavy (non-hydrogen) atoms. The third-order valence-electron chi connectivity index (χ3n) is 15.8. The number of hydrogen-bond donors (Lipinski definition) is 5. The molecule has 0 spiro atoms. The van der Waals surface area contributed by atoms with Gasteiger partial charge in [-0.25, -0.2) is 0 Å². The second-order valence-corrected chi connectivity index (χ2v) is 18.0. The van der Waals surface area contributed by atoms with Crippen LogP contribution in [0.15, 0.2) is 66.7 Å². The molecule has 6 aromatic rings. The van der Waals surface area contributed by atoms with Crippen LogP contribution in [0.4, 0.5) is 0 Å². The molecule has 8 nitrogen and oxygen atoms in total. The van der Waals surface area contributed by atoms with Crippen molar-refractivity contribution in [2.45, 2.75) is 102 Å². The summed E-state index contributed by atoms with van der Waals surface area (Å²) < 4.78 is 2.44. The maximum atomic E-state index is 13.0. The van der Waals surface area contributed by atoms with E-state index < -0.39 is 45.8 Å². The molecule has 2 heterocycles. The highest BCUT2D eigenvalue weighted by molar-refractivity contribution is 6.15. The number of aryl methyl sites for hydroxylation is 1. The summed E-state index contributed by atoms with van der Waals surface area (Å²) in [5.41, 5.74) is 6.87. The van der Waals surface area contributed by atoms with Gasteiger partial charge in [0.1, 0.15) is 0 Å². The fraction of sp³-hybridized carbons (Fsp3) is 0.435. The van der Waals surface area contributed by atoms with Crippen molar-refractivity contribution in [2.75, 3.05) is 0 Å². The highest BCUT2D eigenvalue weighted by Gasteiger charge is 2.61. The summed E-state index contributed by atoms with van der Waals surface area (Å²) in [6.45, 7) is 7.96. The molecular formula is C46H48N2O6. The molecule has 0 radical (unpaired) electrons. The Labute approximate surface area is 313 Å². The SMILES string of the molecule is C[C@]1(C(=O)O)[C@H](O)CC[C@@]2(C)c3cc4c5ccccc5n(-c5c6c(cc7c5[nH]c5ccccc57)[C@@]5(C)CC[C@H](O)[C@@](C)(C(=O)O)[C@@H]5CC6)c4cc3CC[C@H]12. The van der Waals surface area contributed by atoms with E-state index in [1.807, 2.05) is 0 Å². The predicted molar refractivity (Wildman–Crippen MR) is 210 cm³/mol. The quantitative estimate of drug-likeness (QED) is 0.124. The number of rotatable bonds is 3. The van der Waals surface area contributed by atoms with Crippen LogP contribution in [0.2, 0.25) is 0 Å². The number of aliphatic hydroxyl groups excluding tert-OH is 2. The molecule has 4 aliphatic carbocycles. The summed E-state index contributed by atoms with van der Waals surface area (Å²) in [4.78, 5) is 29.6. The van der Waals surface area contributed by atoms with Gasteiger partial charge in [-0.3, -0.25) is 9.59 Å². The van der Waals surface area contributed by atoms with Crippen LogP contribution in [-0.4, -0.2) is 54.1 Å². The summed E-state index contributed by atoms with van der Waals surface area (Å²) in [6, 6.07) is 24.0. The Balaban J connectivity index is 1.28. The fourth-order valence-corrected chi connectivity index (χ4v) is 12.7. The lowest BCUT2D eigenvalue weighted by atomic mass is 9.48. The molecule has 8 heteroatoms. The second-order valence-electron chi connectivity index (χ2n) is 18.0. The van der Waals surface area contributed by atoms with Crippen molar-refractivity contribution in [3.63, 3.8) is 0 Å². The van der Waals surface area contributed by atoms with E-state index in [1.54, 1.807) is 13.8 Å². The first-order valence-electron chi connectivity index (χ1n) is 19.7. The van der Waals surface area contributed by atoms with E-state index in [0.717, 1.165) is 62.1 Å². The van der Waals surface area contributed by atoms with Crippen molar-refractivity contribution in [1.82, 2.24) is 9.55 Å². The number of H-pyrrole nitrogens is 1. The first-order chi connectivity index (χ1) is 25.7. The highest BCUT2D eigenvalue weighted by atomic mass is 16.4. The van der Waals surface area contributed by atoms with E-state index in [1.165, 1.54) is 22.3 Å². The van der Waals surface area contributed by atoms with E-state index in [9.17, 15) is 30.0 Å². The van der Waals surface area contributed by atoms with Gasteiger partial charge in [-0.1, -0.05) is 50.2 Å². The lowest BCUT2D eigenvalue weighted by Gasteiger charge is -2.55. The molecule has 0 amide bonds. The Hall–Kier alpha value is -4.66. The number of nitrogens with zero attached hydrogens (tertiary/aromatic N) is 1. The number of carbonyl (C=O) groups is 2. The normalized spacial score (nSPS) is 33.4. The molecule has 4 aliphatic rings. The maximum Gasteiger partial charge on any atom is 0.312 e. The third-order valence-corrected chi connectivity index (χ3v) is 15.8. The van der Waals surface area contributed by atoms with Gasteiger partial charge in [0, 0.05) is 27.1 Å². The molecule has 0 bridgehead atoms. The minimum absolute atomic E-state index is 0.198. The molecule has 2 saturated carbocycles. The van der Waals surface area contributed by atoms with E-state index >= 15 is 0 Å². The van der Waals surface area contributed by atoms with Gasteiger partial charge in [-0.15, -0.1) is 0 Å². The number of para-hydroxylation sites is 2. The van der Waals surface area contributed by atoms with Crippen molar-refractivity contribution < 1.29 is 30.0 Å². The minimum Gasteiger partial charge on any atom is -0.481 e. The Morgan fingerprint density at radius 1 is 0.667 bits per heavy atom. The number of carboxylic acid groups (broad SMARTS) is 2. The maximum absolute atomic E-state index is 13.0. The van der Waals surface area contributed by atoms with Crippen LogP contribution in [0.5, 0.6) is 0 Å². The van der Waals surface area contributed by atoms with Crippen LogP contribution in [0, 0.1) is 22.7 Å². The molecule has 2 aromatic heterocycles. The number of carboxylic acids is 2. The Kier molecular flexibility index (Phi) is 6.89. The molecule has 10 rings (SSSR count). The van der Waals surface area contributed by atoms with Crippen molar-refractivity contribution in [3.8, 4) is 5.69 Å². The van der Waals surface area contributed by atoms with Crippen molar-refractivity contribution in [3.05, 3.63) is 89.0 Å². The Morgan fingerprint density at radius 2 is 1.24 bits per heavy atom. The van der Waals surface area contributed by atoms with Crippen molar-refractivity contribution in [2.24, 2.45) is 22.7 Å². The van der Waals surface area contributed by atoms with Crippen LogP contribution in [0.3, 0.4) is 0 Å². The number of hydrogen-bond acceptors (Lipinski definition) is 4. The summed E-state index contributed by atoms with van der Waals surface area (Å²) in [5, 5.41) is 48.0. The van der Waals surface area contributed by atoms with Crippen LogP contribution in [0.25, 0.3) is 49.3 Å². The van der Waals surface area contributed by atoms with Gasteiger partial charge in [0.2, 0.25) is 0 Å². The highest BCUT2D eigenvalue weighted by Crippen LogP contribution is 2.61. The molecule has 0 aliphatic heterocycles. The summed E-state index contributed by atoms with van der Waals surface area (Å²) in [6.07, 6.45) is 3.27. The number of aromatic amines is 1. The van der Waals surface area contributed by atoms with Crippen LogP contribution in [0.1, 0.15) is 88.5 Å². The standard InChI is InChI=1S/C46H48N2O6/c1-43-19-17-37(49)45(3,41(51)52)35(43)15-13-24-21-34-28(22-30(24)43)26-10-6-8-12-33(26)48(34)40-27-14-16-36-44(2,20-18-38(50)46(36,4)42(53)54)31(27)23-29-25-9-5-7-11-32(25)47-39(29)40/h5-12,21-23,35-38,47,49-50H,13-20H2,1-4H3,(H,51,52)(H,53,54)/t35-,36+,37+,38-,43-,44+,45+,46-/m0/s1.